The molecule has 1 aliphatic rings. The normalized spacial score (nSPS) is 21.6. The molecule has 1 heterocycles. The molecule has 2 rings (SSSR count). The van der Waals surface area contributed by atoms with Crippen LogP contribution in [0.15, 0.2) is 24.3 Å². The second kappa shape index (κ2) is 7.04. The minimum atomic E-state index is 0.418. The van der Waals surface area contributed by atoms with Gasteiger partial charge in [0.1, 0.15) is 0 Å². The van der Waals surface area contributed by atoms with E-state index in [2.05, 4.69) is 43.1 Å². The molecule has 1 saturated heterocycles. The summed E-state index contributed by atoms with van der Waals surface area (Å²) in [7, 11) is 2.17. The lowest BCUT2D eigenvalue weighted by Gasteiger charge is -2.36. The van der Waals surface area contributed by atoms with E-state index in [1.165, 1.54) is 24.0 Å². The number of benzene rings is 1. The van der Waals surface area contributed by atoms with Gasteiger partial charge in [0.05, 0.1) is 6.61 Å². The van der Waals surface area contributed by atoms with E-state index in [0.29, 0.717) is 18.5 Å². The number of likely N-dealkylation sites (N-methyl/N-ethyl adjacent to an activating group) is 1. The summed E-state index contributed by atoms with van der Waals surface area (Å²) in [5, 5.41) is 0. The van der Waals surface area contributed by atoms with E-state index in [9.17, 15) is 0 Å². The average Bonchev–Trinajstić information content (AvgIpc) is 2.43. The fourth-order valence-corrected chi connectivity index (χ4v) is 2.90. The predicted octanol–water partition coefficient (Wildman–Crippen LogP) is 2.18. The van der Waals surface area contributed by atoms with Crippen LogP contribution in [0.1, 0.15) is 24.0 Å². The Labute approximate surface area is 116 Å². The number of hydrogen-bond acceptors (Lipinski definition) is 3. The molecule has 0 spiro atoms. The quantitative estimate of drug-likeness (QED) is 0.884. The molecule has 3 nitrogen and oxygen atoms in total. The molecule has 0 aromatic heterocycles. The van der Waals surface area contributed by atoms with Crippen molar-refractivity contribution in [1.29, 1.82) is 0 Å². The second-order valence-corrected chi connectivity index (χ2v) is 5.68. The summed E-state index contributed by atoms with van der Waals surface area (Å²) in [4.78, 5) is 2.38. The van der Waals surface area contributed by atoms with Crippen LogP contribution in [0.2, 0.25) is 0 Å². The van der Waals surface area contributed by atoms with Crippen molar-refractivity contribution in [3.05, 3.63) is 35.4 Å². The van der Waals surface area contributed by atoms with Crippen LogP contribution in [0.5, 0.6) is 0 Å². The third kappa shape index (κ3) is 4.03. The van der Waals surface area contributed by atoms with Crippen molar-refractivity contribution in [3.63, 3.8) is 0 Å². The summed E-state index contributed by atoms with van der Waals surface area (Å²) >= 11 is 0. The molecule has 3 heteroatoms. The zero-order chi connectivity index (χ0) is 13.7. The zero-order valence-electron chi connectivity index (χ0n) is 12.1. The highest BCUT2D eigenvalue weighted by Crippen LogP contribution is 2.21. The Morgan fingerprint density at radius 3 is 2.68 bits per heavy atom. The first-order chi connectivity index (χ1) is 9.20. The van der Waals surface area contributed by atoms with E-state index in [0.717, 1.165) is 19.8 Å². The van der Waals surface area contributed by atoms with Crippen LogP contribution in [0.3, 0.4) is 0 Å². The molecule has 0 aliphatic carbocycles. The Morgan fingerprint density at radius 2 is 2.11 bits per heavy atom. The van der Waals surface area contributed by atoms with Gasteiger partial charge in [-0.2, -0.15) is 0 Å². The van der Waals surface area contributed by atoms with E-state index in [4.69, 9.17) is 10.5 Å². The van der Waals surface area contributed by atoms with Gasteiger partial charge < -0.3 is 10.5 Å². The molecule has 0 amide bonds. The fourth-order valence-electron chi connectivity index (χ4n) is 2.90. The van der Waals surface area contributed by atoms with Crippen LogP contribution >= 0.6 is 0 Å². The maximum atomic E-state index is 5.99. The predicted molar refractivity (Wildman–Crippen MR) is 79.0 cm³/mol. The molecule has 19 heavy (non-hydrogen) atoms. The van der Waals surface area contributed by atoms with E-state index in [1.807, 2.05) is 0 Å². The lowest BCUT2D eigenvalue weighted by atomic mass is 9.92. The minimum Gasteiger partial charge on any atom is -0.381 e. The maximum Gasteiger partial charge on any atom is 0.0509 e. The molecule has 1 fully saturated rings. The monoisotopic (exact) mass is 262 g/mol. The Balaban J connectivity index is 1.95. The van der Waals surface area contributed by atoms with Gasteiger partial charge in [-0.15, -0.1) is 0 Å². The van der Waals surface area contributed by atoms with Crippen molar-refractivity contribution >= 4 is 0 Å². The summed E-state index contributed by atoms with van der Waals surface area (Å²) in [6.45, 7) is 5.56. The van der Waals surface area contributed by atoms with Crippen LogP contribution in [0.25, 0.3) is 0 Å². The van der Waals surface area contributed by atoms with Gasteiger partial charge >= 0.3 is 0 Å². The molecule has 0 bridgehead atoms. The van der Waals surface area contributed by atoms with Gasteiger partial charge in [-0.25, -0.2) is 0 Å². The van der Waals surface area contributed by atoms with Gasteiger partial charge in [-0.3, -0.25) is 4.90 Å². The lowest BCUT2D eigenvalue weighted by molar-refractivity contribution is 0.0156. The number of rotatable bonds is 5. The first kappa shape index (κ1) is 14.5. The second-order valence-electron chi connectivity index (χ2n) is 5.68. The van der Waals surface area contributed by atoms with Gasteiger partial charge in [0.25, 0.3) is 0 Å². The molecule has 1 aromatic carbocycles. The third-order valence-electron chi connectivity index (χ3n) is 4.10. The summed E-state index contributed by atoms with van der Waals surface area (Å²) in [6.07, 6.45) is 2.40. The van der Waals surface area contributed by atoms with Crippen LogP contribution in [-0.4, -0.2) is 37.7 Å². The van der Waals surface area contributed by atoms with Crippen molar-refractivity contribution in [2.45, 2.75) is 32.4 Å². The molecule has 106 valence electrons. The summed E-state index contributed by atoms with van der Waals surface area (Å²) in [5.41, 5.74) is 8.64. The zero-order valence-corrected chi connectivity index (χ0v) is 12.1. The number of aryl methyl sites for hydroxylation is 1. The molecule has 2 unspecified atom stereocenters. The number of nitrogens with two attached hydrogens (primary N) is 1. The largest absolute Gasteiger partial charge is 0.381 e. The van der Waals surface area contributed by atoms with Gasteiger partial charge in [0.15, 0.2) is 0 Å². The van der Waals surface area contributed by atoms with Gasteiger partial charge in [0.2, 0.25) is 0 Å². The Kier molecular flexibility index (Phi) is 5.37. The standard InChI is InChI=1S/C16H26N2O/c1-13-5-7-14(8-6-13)11-18(2)16(10-17)15-4-3-9-19-12-15/h5-8,15-16H,3-4,9-12,17H2,1-2H3. The smallest absolute Gasteiger partial charge is 0.0509 e. The Hall–Kier alpha value is -0.900. The summed E-state index contributed by atoms with van der Waals surface area (Å²) in [6, 6.07) is 9.17. The van der Waals surface area contributed by atoms with Gasteiger partial charge in [0, 0.05) is 25.7 Å². The fraction of sp³-hybridized carbons (Fsp3) is 0.625. The first-order valence-electron chi connectivity index (χ1n) is 7.24. The first-order valence-corrected chi connectivity index (χ1v) is 7.24. The third-order valence-corrected chi connectivity index (χ3v) is 4.10. The molecular formula is C16H26N2O. The molecule has 2 atom stereocenters. The molecule has 1 aliphatic heterocycles. The van der Waals surface area contributed by atoms with Crippen LogP contribution < -0.4 is 5.73 Å². The van der Waals surface area contributed by atoms with Crippen molar-refractivity contribution in [1.82, 2.24) is 4.90 Å². The van der Waals surface area contributed by atoms with Crippen molar-refractivity contribution in [3.8, 4) is 0 Å². The summed E-state index contributed by atoms with van der Waals surface area (Å²) in [5.74, 6) is 0.578. The molecule has 1 aromatic rings. The van der Waals surface area contributed by atoms with Crippen LogP contribution in [0.4, 0.5) is 0 Å². The van der Waals surface area contributed by atoms with E-state index < -0.39 is 0 Å². The Bertz CT molecular complexity index is 371. The average molecular weight is 262 g/mol. The maximum absolute atomic E-state index is 5.99. The van der Waals surface area contributed by atoms with E-state index in [-0.39, 0.29) is 0 Å². The van der Waals surface area contributed by atoms with E-state index in [1.54, 1.807) is 0 Å². The molecule has 2 N–H and O–H groups in total. The molecule has 0 radical (unpaired) electrons. The van der Waals surface area contributed by atoms with Crippen molar-refractivity contribution < 1.29 is 4.74 Å². The minimum absolute atomic E-state index is 0.418. The van der Waals surface area contributed by atoms with Gasteiger partial charge in [-0.1, -0.05) is 29.8 Å². The lowest BCUT2D eigenvalue weighted by Crippen LogP contribution is -2.45. The van der Waals surface area contributed by atoms with Gasteiger partial charge in [-0.05, 0) is 38.3 Å². The highest BCUT2D eigenvalue weighted by molar-refractivity contribution is 5.21. The highest BCUT2D eigenvalue weighted by atomic mass is 16.5. The Morgan fingerprint density at radius 1 is 1.37 bits per heavy atom. The van der Waals surface area contributed by atoms with Crippen molar-refractivity contribution in [2.24, 2.45) is 11.7 Å². The summed E-state index contributed by atoms with van der Waals surface area (Å²) < 4.78 is 5.60. The highest BCUT2D eigenvalue weighted by Gasteiger charge is 2.26. The topological polar surface area (TPSA) is 38.5 Å². The number of hydrogen-bond donors (Lipinski definition) is 1. The SMILES string of the molecule is Cc1ccc(CN(C)C(CN)C2CCCOC2)cc1. The van der Waals surface area contributed by atoms with Crippen LogP contribution in [-0.2, 0) is 11.3 Å². The number of ether oxygens (including phenoxy) is 1. The molecular weight excluding hydrogens is 236 g/mol. The van der Waals surface area contributed by atoms with E-state index >= 15 is 0 Å². The number of nitrogens with zero attached hydrogens (tertiary/aromatic N) is 1. The van der Waals surface area contributed by atoms with Crippen LogP contribution in [0, 0.1) is 12.8 Å². The van der Waals surface area contributed by atoms with Crippen molar-refractivity contribution in [2.75, 3.05) is 26.8 Å². The molecule has 0 saturated carbocycles.